The number of ether oxygens (including phenoxy) is 1. The van der Waals surface area contributed by atoms with Crippen molar-refractivity contribution >= 4 is 29.5 Å². The summed E-state index contributed by atoms with van der Waals surface area (Å²) in [6.07, 6.45) is -3.43. The summed E-state index contributed by atoms with van der Waals surface area (Å²) in [5.74, 6) is 4.21. The molecule has 0 spiro atoms. The van der Waals surface area contributed by atoms with E-state index in [0.717, 1.165) is 6.07 Å². The quantitative estimate of drug-likeness (QED) is 0.641. The lowest BCUT2D eigenvalue weighted by molar-refractivity contribution is -0.240. The molecule has 152 valence electrons. The predicted octanol–water partition coefficient (Wildman–Crippen LogP) is 5.49. The number of alkyl halides is 3. The number of aliphatic hydroxyl groups is 1. The number of hydrogen-bond acceptors (Lipinski definition) is 3. The summed E-state index contributed by atoms with van der Waals surface area (Å²) in [6.45, 7) is 8.37. The van der Waals surface area contributed by atoms with Crippen LogP contribution in [0.25, 0.3) is 6.08 Å². The van der Waals surface area contributed by atoms with Crippen molar-refractivity contribution in [2.75, 3.05) is 5.32 Å². The molecule has 2 rings (SSSR count). The molecule has 2 N–H and O–H groups in total. The van der Waals surface area contributed by atoms with Crippen LogP contribution >= 0.6 is 11.6 Å². The van der Waals surface area contributed by atoms with Crippen molar-refractivity contribution in [3.8, 4) is 11.8 Å². The molecule has 0 bridgehead atoms. The minimum Gasteiger partial charge on any atom is -0.444 e. The Balaban J connectivity index is 2.59. The van der Waals surface area contributed by atoms with E-state index in [2.05, 4.69) is 17.8 Å². The second-order valence-electron chi connectivity index (χ2n) is 7.50. The first-order valence-electron chi connectivity index (χ1n) is 8.55. The van der Waals surface area contributed by atoms with Gasteiger partial charge in [0, 0.05) is 16.5 Å². The molecule has 28 heavy (non-hydrogen) atoms. The standard InChI is InChI=1S/C20H21ClF3NO3/c1-5-13-10-16(25-17(26)28-18(2,3)4)14(11-15(13)21)19(27,20(22,23)24)9-8-12-6-7-12/h5,10-12,27H,1,6-7H2,2-4H3,(H,25,26). The fourth-order valence-electron chi connectivity index (χ4n) is 2.29. The van der Waals surface area contributed by atoms with Gasteiger partial charge < -0.3 is 9.84 Å². The van der Waals surface area contributed by atoms with Crippen LogP contribution in [0.1, 0.15) is 44.7 Å². The van der Waals surface area contributed by atoms with Crippen LogP contribution in [-0.4, -0.2) is 23.0 Å². The van der Waals surface area contributed by atoms with Gasteiger partial charge in [0.15, 0.2) is 0 Å². The van der Waals surface area contributed by atoms with Gasteiger partial charge in [0.1, 0.15) is 5.60 Å². The highest BCUT2D eigenvalue weighted by atomic mass is 35.5. The molecule has 1 aliphatic carbocycles. The van der Waals surface area contributed by atoms with Crippen LogP contribution in [0.15, 0.2) is 18.7 Å². The fourth-order valence-corrected chi connectivity index (χ4v) is 2.53. The lowest BCUT2D eigenvalue weighted by atomic mass is 9.90. The number of anilines is 1. The lowest BCUT2D eigenvalue weighted by Crippen LogP contribution is -2.42. The SMILES string of the molecule is C=Cc1cc(NC(=O)OC(C)(C)C)c(C(O)(C#CC2CC2)C(F)(F)F)cc1Cl. The van der Waals surface area contributed by atoms with Gasteiger partial charge in [-0.25, -0.2) is 4.79 Å². The third-order valence-electron chi connectivity index (χ3n) is 3.83. The molecule has 1 amide bonds. The highest BCUT2D eigenvalue weighted by Gasteiger charge is 2.56. The Labute approximate surface area is 166 Å². The molecule has 0 saturated heterocycles. The number of nitrogens with one attached hydrogen (secondary N) is 1. The second-order valence-corrected chi connectivity index (χ2v) is 7.91. The third kappa shape index (κ3) is 5.21. The topological polar surface area (TPSA) is 58.6 Å². The Hall–Kier alpha value is -2.17. The molecule has 0 aliphatic heterocycles. The van der Waals surface area contributed by atoms with Crippen molar-refractivity contribution in [1.82, 2.24) is 0 Å². The maximum absolute atomic E-state index is 13.8. The Kier molecular flexibility index (Phi) is 6.07. The number of benzene rings is 1. The first-order valence-corrected chi connectivity index (χ1v) is 8.93. The van der Waals surface area contributed by atoms with Crippen molar-refractivity contribution in [1.29, 1.82) is 0 Å². The highest BCUT2D eigenvalue weighted by Crippen LogP contribution is 2.44. The van der Waals surface area contributed by atoms with Crippen molar-refractivity contribution in [2.45, 2.75) is 51.0 Å². The summed E-state index contributed by atoms with van der Waals surface area (Å²) in [5, 5.41) is 12.7. The monoisotopic (exact) mass is 415 g/mol. The van der Waals surface area contributed by atoms with Gasteiger partial charge in [-0.3, -0.25) is 5.32 Å². The number of carbonyl (C=O) groups is 1. The van der Waals surface area contributed by atoms with Gasteiger partial charge in [0.25, 0.3) is 0 Å². The maximum atomic E-state index is 13.8. The summed E-state index contributed by atoms with van der Waals surface area (Å²) >= 11 is 6.03. The zero-order chi connectivity index (χ0) is 21.3. The van der Waals surface area contributed by atoms with E-state index >= 15 is 0 Å². The summed E-state index contributed by atoms with van der Waals surface area (Å²) in [4.78, 5) is 12.1. The van der Waals surface area contributed by atoms with E-state index in [4.69, 9.17) is 16.3 Å². The third-order valence-corrected chi connectivity index (χ3v) is 4.15. The molecule has 1 aromatic rings. The Morgan fingerprint density at radius 3 is 2.43 bits per heavy atom. The van der Waals surface area contributed by atoms with Crippen molar-refractivity contribution in [2.24, 2.45) is 5.92 Å². The maximum Gasteiger partial charge on any atom is 0.433 e. The Morgan fingerprint density at radius 2 is 1.96 bits per heavy atom. The van der Waals surface area contributed by atoms with Gasteiger partial charge in [-0.1, -0.05) is 36.1 Å². The smallest absolute Gasteiger partial charge is 0.433 e. The Morgan fingerprint density at radius 1 is 1.36 bits per heavy atom. The molecule has 8 heteroatoms. The number of hydrogen-bond donors (Lipinski definition) is 2. The normalized spacial score (nSPS) is 16.4. The van der Waals surface area contributed by atoms with Gasteiger partial charge in [-0.15, -0.1) is 0 Å². The average Bonchev–Trinajstić information content (AvgIpc) is 3.35. The minimum atomic E-state index is -5.13. The number of amides is 1. The molecule has 1 fully saturated rings. The molecule has 0 heterocycles. The van der Waals surface area contributed by atoms with Gasteiger partial charge in [-0.05, 0) is 51.3 Å². The number of halogens is 4. The molecule has 1 saturated carbocycles. The zero-order valence-corrected chi connectivity index (χ0v) is 16.5. The van der Waals surface area contributed by atoms with E-state index in [1.807, 2.05) is 5.92 Å². The molecule has 4 nitrogen and oxygen atoms in total. The molecule has 1 aromatic carbocycles. The van der Waals surface area contributed by atoms with Crippen molar-refractivity contribution in [3.05, 3.63) is 34.9 Å². The number of rotatable bonds is 3. The molecule has 0 aromatic heterocycles. The largest absolute Gasteiger partial charge is 0.444 e. The van der Waals surface area contributed by atoms with E-state index in [-0.39, 0.29) is 22.2 Å². The molecule has 1 unspecified atom stereocenters. The summed E-state index contributed by atoms with van der Waals surface area (Å²) in [6, 6.07) is 2.12. The highest BCUT2D eigenvalue weighted by molar-refractivity contribution is 6.32. The first kappa shape index (κ1) is 22.1. The van der Waals surface area contributed by atoms with Crippen LogP contribution in [-0.2, 0) is 10.3 Å². The number of carbonyl (C=O) groups excluding carboxylic acids is 1. The van der Waals surface area contributed by atoms with E-state index in [1.54, 1.807) is 20.8 Å². The van der Waals surface area contributed by atoms with Gasteiger partial charge in [-0.2, -0.15) is 13.2 Å². The first-order chi connectivity index (χ1) is 12.8. The summed E-state index contributed by atoms with van der Waals surface area (Å²) in [5.41, 5.74) is -5.11. The van der Waals surface area contributed by atoms with Crippen molar-refractivity contribution < 1.29 is 27.8 Å². The minimum absolute atomic E-state index is 0.0735. The predicted molar refractivity (Wildman–Crippen MR) is 102 cm³/mol. The van der Waals surface area contributed by atoms with Crippen molar-refractivity contribution in [3.63, 3.8) is 0 Å². The lowest BCUT2D eigenvalue weighted by Gasteiger charge is -2.29. The van der Waals surface area contributed by atoms with E-state index in [9.17, 15) is 23.1 Å². The zero-order valence-electron chi connectivity index (χ0n) is 15.7. The van der Waals surface area contributed by atoms with Gasteiger partial charge >= 0.3 is 12.3 Å². The summed E-state index contributed by atoms with van der Waals surface area (Å²) < 4.78 is 46.5. The van der Waals surface area contributed by atoms with Crippen LogP contribution in [0, 0.1) is 17.8 Å². The molecule has 0 radical (unpaired) electrons. The van der Waals surface area contributed by atoms with E-state index < -0.39 is 29.0 Å². The molecule has 1 atom stereocenters. The van der Waals surface area contributed by atoms with Crippen LogP contribution in [0.4, 0.5) is 23.7 Å². The van der Waals surface area contributed by atoms with Crippen LogP contribution in [0.5, 0.6) is 0 Å². The van der Waals surface area contributed by atoms with Crippen LogP contribution in [0.3, 0.4) is 0 Å². The fraction of sp³-hybridized carbons (Fsp3) is 0.450. The Bertz CT molecular complexity index is 845. The van der Waals surface area contributed by atoms with Crippen LogP contribution < -0.4 is 5.32 Å². The second kappa shape index (κ2) is 7.69. The van der Waals surface area contributed by atoms with E-state index in [1.165, 1.54) is 12.1 Å². The summed E-state index contributed by atoms with van der Waals surface area (Å²) in [7, 11) is 0. The van der Waals surface area contributed by atoms with E-state index in [0.29, 0.717) is 12.8 Å². The average molecular weight is 416 g/mol. The molecular formula is C20H21ClF3NO3. The molecular weight excluding hydrogens is 395 g/mol. The van der Waals surface area contributed by atoms with Crippen LogP contribution in [0.2, 0.25) is 5.02 Å². The van der Waals surface area contributed by atoms with Gasteiger partial charge in [0.05, 0.1) is 5.69 Å². The van der Waals surface area contributed by atoms with Gasteiger partial charge in [0.2, 0.25) is 5.60 Å². The molecule has 1 aliphatic rings.